The van der Waals surface area contributed by atoms with Crippen molar-refractivity contribution >= 4 is 26.2 Å². The van der Waals surface area contributed by atoms with Gasteiger partial charge in [-0.05, 0) is 52.3 Å². The van der Waals surface area contributed by atoms with Crippen molar-refractivity contribution in [2.45, 2.75) is 4.90 Å². The second-order valence-corrected chi connectivity index (χ2v) is 7.10. The molecule has 20 heavy (non-hydrogen) atoms. The maximum Gasteiger partial charge on any atom is 0.310 e. The van der Waals surface area contributed by atoms with Crippen LogP contribution in [0, 0.1) is 0 Å². The van der Waals surface area contributed by atoms with Crippen LogP contribution in [0.3, 0.4) is 0 Å². The molecule has 0 atom stereocenters. The lowest BCUT2D eigenvalue weighted by atomic mass is 10.3. The van der Waals surface area contributed by atoms with E-state index >= 15 is 0 Å². The van der Waals surface area contributed by atoms with Gasteiger partial charge in [0.1, 0.15) is 10.6 Å². The van der Waals surface area contributed by atoms with Crippen LogP contribution in [0.25, 0.3) is 0 Å². The molecule has 0 bridgehead atoms. The fourth-order valence-corrected chi connectivity index (χ4v) is 2.31. The molecule has 9 heteroatoms. The molecule has 0 aliphatic carbocycles. The van der Waals surface area contributed by atoms with Gasteiger partial charge in [0.25, 0.3) is 0 Å². The Balaban J connectivity index is 2.29. The van der Waals surface area contributed by atoms with Crippen LogP contribution in [0.4, 0.5) is 19.4 Å². The lowest BCUT2D eigenvalue weighted by molar-refractivity contribution is 0.363. The summed E-state index contributed by atoms with van der Waals surface area (Å²) < 4.78 is 68.2. The zero-order chi connectivity index (χ0) is 15.1. The lowest BCUT2D eigenvalue weighted by Gasteiger charge is -2.40. The Kier molecular flexibility index (Phi) is 3.07. The Morgan fingerprint density at radius 3 is 2.05 bits per heavy atom. The summed E-state index contributed by atoms with van der Waals surface area (Å²) in [5.41, 5.74) is 0. The Morgan fingerprint density at radius 1 is 0.950 bits per heavy atom. The largest absolute Gasteiger partial charge is 0.438 e. The predicted octanol–water partition coefficient (Wildman–Crippen LogP) is 6.29. The first-order valence-electron chi connectivity index (χ1n) is 5.08. The Hall–Kier alpha value is -1.35. The molecule has 0 N–H and O–H groups in total. The fourth-order valence-electron chi connectivity index (χ4n) is 1.32. The van der Waals surface area contributed by atoms with E-state index in [2.05, 4.69) is 20.9 Å². The lowest BCUT2D eigenvalue weighted by Crippen LogP contribution is -2.05. The normalized spacial score (nSPS) is 15.3. The van der Waals surface area contributed by atoms with E-state index in [1.807, 2.05) is 0 Å². The monoisotopic (exact) mass is 375 g/mol. The van der Waals surface area contributed by atoms with Gasteiger partial charge in [-0.15, -0.1) is 0 Å². The van der Waals surface area contributed by atoms with E-state index in [0.29, 0.717) is 4.47 Å². The summed E-state index contributed by atoms with van der Waals surface area (Å²) in [6.45, 7) is 0. The number of benzene rings is 1. The van der Waals surface area contributed by atoms with Gasteiger partial charge in [0.05, 0.1) is 4.47 Å². The Labute approximate surface area is 119 Å². The summed E-state index contributed by atoms with van der Waals surface area (Å²) in [6, 6.07) is 5.43. The molecule has 0 saturated carbocycles. The minimum absolute atomic E-state index is 0.0324. The number of hydrogen-bond donors (Lipinski definition) is 0. The minimum atomic E-state index is -9.64. The third-order valence-corrected chi connectivity index (χ3v) is 3.97. The zero-order valence-corrected chi connectivity index (χ0v) is 12.0. The highest BCUT2D eigenvalue weighted by molar-refractivity contribution is 9.10. The van der Waals surface area contributed by atoms with Crippen molar-refractivity contribution in [1.29, 1.82) is 0 Å². The number of rotatable bonds is 3. The summed E-state index contributed by atoms with van der Waals surface area (Å²) in [5, 5.41) is 0. The molecule has 2 nitrogen and oxygen atoms in total. The molecule has 0 amide bonds. The number of aromatic nitrogens is 1. The van der Waals surface area contributed by atoms with Crippen LogP contribution in [-0.2, 0) is 0 Å². The number of ether oxygens (including phenoxy) is 1. The first kappa shape index (κ1) is 15.0. The van der Waals surface area contributed by atoms with Gasteiger partial charge in [-0.1, -0.05) is 19.4 Å². The number of pyridine rings is 1. The van der Waals surface area contributed by atoms with Gasteiger partial charge in [-0.2, -0.15) is 0 Å². The first-order valence-corrected chi connectivity index (χ1v) is 7.83. The summed E-state index contributed by atoms with van der Waals surface area (Å²) >= 11 is 3.14. The maximum atomic E-state index is 12.5. The molecule has 1 heterocycles. The van der Waals surface area contributed by atoms with Gasteiger partial charge in [0, 0.05) is 6.20 Å². The Morgan fingerprint density at radius 2 is 1.55 bits per heavy atom. The third-order valence-electron chi connectivity index (χ3n) is 2.21. The van der Waals surface area contributed by atoms with E-state index in [1.54, 1.807) is 12.1 Å². The van der Waals surface area contributed by atoms with Crippen LogP contribution in [0.15, 0.2) is 52.0 Å². The highest BCUT2D eigenvalue weighted by Gasteiger charge is 2.65. The molecule has 2 aromatic rings. The van der Waals surface area contributed by atoms with Crippen molar-refractivity contribution in [3.63, 3.8) is 0 Å². The molecule has 110 valence electrons. The van der Waals surface area contributed by atoms with Crippen molar-refractivity contribution in [3.05, 3.63) is 47.1 Å². The third kappa shape index (κ3) is 3.60. The van der Waals surface area contributed by atoms with E-state index < -0.39 is 15.1 Å². The molecule has 0 unspecified atom stereocenters. The van der Waals surface area contributed by atoms with Crippen molar-refractivity contribution in [1.82, 2.24) is 4.98 Å². The Bertz CT molecular complexity index is 644. The molecular weight excluding hydrogens is 369 g/mol. The van der Waals surface area contributed by atoms with Crippen LogP contribution >= 0.6 is 26.2 Å². The van der Waals surface area contributed by atoms with E-state index in [9.17, 15) is 19.4 Å². The number of nitrogens with zero attached hydrogens (tertiary/aromatic N) is 1. The molecule has 1 aromatic heterocycles. The number of hydrogen-bond acceptors (Lipinski definition) is 2. The van der Waals surface area contributed by atoms with Gasteiger partial charge in [0.15, 0.2) is 0 Å². The molecular formula is C11H7BrF5NOS. The van der Waals surface area contributed by atoms with Crippen molar-refractivity contribution in [2.75, 3.05) is 0 Å². The van der Waals surface area contributed by atoms with Crippen molar-refractivity contribution in [2.24, 2.45) is 0 Å². The smallest absolute Gasteiger partial charge is 0.310 e. The molecule has 2 rings (SSSR count). The quantitative estimate of drug-likeness (QED) is 0.587. The standard InChI is InChI=1S/C11H7BrF5NOS/c12-10-2-1-7-18-11(10)19-8-3-5-9(6-4-8)20(13,14,15,16)17/h1-7H. The van der Waals surface area contributed by atoms with Gasteiger partial charge in [-0.25, -0.2) is 4.98 Å². The van der Waals surface area contributed by atoms with Gasteiger partial charge in [-0.3, -0.25) is 0 Å². The highest BCUT2D eigenvalue weighted by Crippen LogP contribution is 3.02. The molecule has 1 aromatic carbocycles. The zero-order valence-electron chi connectivity index (χ0n) is 9.57. The van der Waals surface area contributed by atoms with Crippen LogP contribution in [-0.4, -0.2) is 4.98 Å². The average Bonchev–Trinajstić information content (AvgIpc) is 2.30. The van der Waals surface area contributed by atoms with Crippen LogP contribution < -0.4 is 4.74 Å². The molecule has 0 spiro atoms. The van der Waals surface area contributed by atoms with Crippen molar-refractivity contribution in [3.8, 4) is 11.6 Å². The molecule has 0 aliphatic rings. The average molecular weight is 376 g/mol. The van der Waals surface area contributed by atoms with E-state index in [0.717, 1.165) is 12.1 Å². The molecule has 0 fully saturated rings. The van der Waals surface area contributed by atoms with E-state index in [4.69, 9.17) is 4.74 Å². The second kappa shape index (κ2) is 4.08. The summed E-state index contributed by atoms with van der Waals surface area (Å²) in [6.07, 6.45) is 1.42. The SMILES string of the molecule is FS(F)(F)(F)(F)c1ccc(Oc2ncccc2Br)cc1. The van der Waals surface area contributed by atoms with E-state index in [1.165, 1.54) is 6.20 Å². The fraction of sp³-hybridized carbons (Fsp3) is 0. The van der Waals surface area contributed by atoms with Crippen LogP contribution in [0.2, 0.25) is 0 Å². The van der Waals surface area contributed by atoms with E-state index in [-0.39, 0.29) is 23.8 Å². The molecule has 0 aliphatic heterocycles. The number of halogens is 6. The minimum Gasteiger partial charge on any atom is -0.438 e. The summed E-state index contributed by atoms with van der Waals surface area (Å²) in [4.78, 5) is 1.88. The topological polar surface area (TPSA) is 22.1 Å². The highest BCUT2D eigenvalue weighted by atomic mass is 79.9. The predicted molar refractivity (Wildman–Crippen MR) is 69.9 cm³/mol. The van der Waals surface area contributed by atoms with Gasteiger partial charge >= 0.3 is 10.2 Å². The molecule has 0 radical (unpaired) electrons. The van der Waals surface area contributed by atoms with Gasteiger partial charge in [0.2, 0.25) is 5.88 Å². The van der Waals surface area contributed by atoms with Crippen molar-refractivity contribution < 1.29 is 24.2 Å². The second-order valence-electron chi connectivity index (χ2n) is 3.83. The van der Waals surface area contributed by atoms with Crippen LogP contribution in [0.1, 0.15) is 0 Å². The van der Waals surface area contributed by atoms with Gasteiger partial charge < -0.3 is 4.74 Å². The first-order chi connectivity index (χ1) is 8.95. The molecule has 0 saturated heterocycles. The summed E-state index contributed by atoms with van der Waals surface area (Å²) in [7, 11) is -9.64. The van der Waals surface area contributed by atoms with Crippen LogP contribution in [0.5, 0.6) is 11.6 Å². The summed E-state index contributed by atoms with van der Waals surface area (Å²) in [5.74, 6) is 0.0857. The maximum absolute atomic E-state index is 12.5.